The Hall–Kier alpha value is -4.69. The molecule has 7 nitrogen and oxygen atoms in total. The number of nitrogens with zero attached hydrogens (tertiary/aromatic N) is 2. The molecule has 1 aliphatic heterocycles. The van der Waals surface area contributed by atoms with Crippen molar-refractivity contribution >= 4 is 23.2 Å². The number of carbonyl (C=O) groups is 2. The third-order valence-electron chi connectivity index (χ3n) is 7.27. The summed E-state index contributed by atoms with van der Waals surface area (Å²) in [5, 5.41) is 3.03. The molecule has 0 radical (unpaired) electrons. The highest BCUT2D eigenvalue weighted by Gasteiger charge is 2.32. The lowest BCUT2D eigenvalue weighted by Gasteiger charge is -2.32. The molecule has 0 bridgehead atoms. The van der Waals surface area contributed by atoms with Gasteiger partial charge in [0.25, 0.3) is 5.91 Å². The lowest BCUT2D eigenvalue weighted by molar-refractivity contribution is -0.139. The summed E-state index contributed by atoms with van der Waals surface area (Å²) >= 11 is 0. The largest absolute Gasteiger partial charge is 0.497 e. The van der Waals surface area contributed by atoms with E-state index in [2.05, 4.69) is 10.2 Å². The number of nitrogens with one attached hydrogen (secondary N) is 1. The number of carbonyl (C=O) groups excluding carboxylic acids is 2. The molecule has 1 atom stereocenters. The molecular formula is C34H34FN3O4. The number of halogens is 1. The Labute approximate surface area is 245 Å². The van der Waals surface area contributed by atoms with Crippen molar-refractivity contribution in [3.05, 3.63) is 126 Å². The van der Waals surface area contributed by atoms with E-state index in [1.54, 1.807) is 42.3 Å². The molecule has 1 heterocycles. The smallest absolute Gasteiger partial charge is 0.251 e. The van der Waals surface area contributed by atoms with E-state index in [4.69, 9.17) is 9.47 Å². The molecule has 5 rings (SSSR count). The van der Waals surface area contributed by atoms with Crippen LogP contribution in [0.2, 0.25) is 0 Å². The third-order valence-corrected chi connectivity index (χ3v) is 7.27. The van der Waals surface area contributed by atoms with Crippen LogP contribution >= 0.6 is 0 Å². The monoisotopic (exact) mass is 567 g/mol. The van der Waals surface area contributed by atoms with Crippen molar-refractivity contribution in [2.24, 2.45) is 0 Å². The van der Waals surface area contributed by atoms with Gasteiger partial charge in [-0.3, -0.25) is 9.59 Å². The molecule has 1 saturated heterocycles. The zero-order valence-electron chi connectivity index (χ0n) is 23.5. The fourth-order valence-electron chi connectivity index (χ4n) is 5.05. The minimum atomic E-state index is -0.986. The number of amides is 2. The number of hydrogen-bond acceptors (Lipinski definition) is 5. The van der Waals surface area contributed by atoms with Gasteiger partial charge in [0.2, 0.25) is 5.91 Å². The zero-order chi connectivity index (χ0) is 29.3. The van der Waals surface area contributed by atoms with E-state index in [0.29, 0.717) is 35.8 Å². The molecule has 0 saturated carbocycles. The quantitative estimate of drug-likeness (QED) is 0.269. The normalized spacial score (nSPS) is 13.7. The summed E-state index contributed by atoms with van der Waals surface area (Å²) in [4.78, 5) is 31.8. The Morgan fingerprint density at radius 2 is 1.62 bits per heavy atom. The summed E-state index contributed by atoms with van der Waals surface area (Å²) in [7, 11) is 1.56. The summed E-state index contributed by atoms with van der Waals surface area (Å²) in [6, 6.07) is 29.2. The maximum Gasteiger partial charge on any atom is 0.251 e. The van der Waals surface area contributed by atoms with E-state index in [1.807, 2.05) is 60.7 Å². The standard InChI is InChI=1S/C34H34FN3O4/c1-41-31-9-5-8-27(23-31)33(34(40)36-29-14-16-30(17-15-29)37-18-20-42-21-19-37)38(24-26-10-12-28(35)13-11-26)32(39)22-25-6-3-2-4-7-25/h2-17,23,33H,18-22,24H2,1H3,(H,36,40). The number of benzene rings is 4. The number of rotatable bonds is 10. The maximum atomic E-state index is 14.1. The fraction of sp³-hybridized carbons (Fsp3) is 0.235. The molecule has 8 heteroatoms. The van der Waals surface area contributed by atoms with Crippen LogP contribution in [0.5, 0.6) is 5.75 Å². The Morgan fingerprint density at radius 1 is 0.905 bits per heavy atom. The van der Waals surface area contributed by atoms with E-state index < -0.39 is 6.04 Å². The molecule has 4 aromatic rings. The van der Waals surface area contributed by atoms with Crippen LogP contribution in [0.4, 0.5) is 15.8 Å². The highest BCUT2D eigenvalue weighted by molar-refractivity contribution is 5.98. The van der Waals surface area contributed by atoms with Gasteiger partial charge in [0.15, 0.2) is 0 Å². The molecule has 4 aromatic carbocycles. The number of morpholine rings is 1. The average Bonchev–Trinajstić information content (AvgIpc) is 3.03. The van der Waals surface area contributed by atoms with Crippen molar-refractivity contribution in [1.82, 2.24) is 4.90 Å². The minimum Gasteiger partial charge on any atom is -0.497 e. The van der Waals surface area contributed by atoms with E-state index in [0.717, 1.165) is 24.3 Å². The van der Waals surface area contributed by atoms with Gasteiger partial charge in [0, 0.05) is 31.0 Å². The Kier molecular flexibility index (Phi) is 9.46. The van der Waals surface area contributed by atoms with E-state index in [9.17, 15) is 14.0 Å². The van der Waals surface area contributed by atoms with Gasteiger partial charge in [-0.15, -0.1) is 0 Å². The molecule has 42 heavy (non-hydrogen) atoms. The summed E-state index contributed by atoms with van der Waals surface area (Å²) in [6.07, 6.45) is 0.101. The van der Waals surface area contributed by atoms with Crippen LogP contribution in [0.3, 0.4) is 0 Å². The summed E-state index contributed by atoms with van der Waals surface area (Å²) in [5.41, 5.74) is 3.79. The maximum absolute atomic E-state index is 14.1. The molecule has 0 aromatic heterocycles. The molecule has 0 spiro atoms. The van der Waals surface area contributed by atoms with Crippen molar-refractivity contribution in [3.8, 4) is 5.75 Å². The molecule has 2 amide bonds. The topological polar surface area (TPSA) is 71.1 Å². The second-order valence-corrected chi connectivity index (χ2v) is 10.1. The second kappa shape index (κ2) is 13.8. The molecule has 1 N–H and O–H groups in total. The van der Waals surface area contributed by atoms with E-state index in [1.165, 1.54) is 12.1 Å². The summed E-state index contributed by atoms with van der Waals surface area (Å²) in [6.45, 7) is 3.09. The van der Waals surface area contributed by atoms with Crippen LogP contribution in [-0.4, -0.2) is 50.1 Å². The van der Waals surface area contributed by atoms with Crippen molar-refractivity contribution < 1.29 is 23.5 Å². The molecule has 1 aliphatic rings. The van der Waals surface area contributed by atoms with Gasteiger partial charge in [0.05, 0.1) is 26.7 Å². The molecule has 0 aliphatic carbocycles. The van der Waals surface area contributed by atoms with E-state index in [-0.39, 0.29) is 30.6 Å². The Bertz CT molecular complexity index is 1470. The van der Waals surface area contributed by atoms with Crippen LogP contribution in [0.15, 0.2) is 103 Å². The number of anilines is 2. The summed E-state index contributed by atoms with van der Waals surface area (Å²) in [5.74, 6) is -0.414. The van der Waals surface area contributed by atoms with Gasteiger partial charge in [0.1, 0.15) is 17.6 Å². The van der Waals surface area contributed by atoms with Gasteiger partial charge >= 0.3 is 0 Å². The SMILES string of the molecule is COc1cccc(C(C(=O)Nc2ccc(N3CCOCC3)cc2)N(Cc2ccc(F)cc2)C(=O)Cc2ccccc2)c1. The Morgan fingerprint density at radius 3 is 2.31 bits per heavy atom. The first-order valence-electron chi connectivity index (χ1n) is 14.0. The molecular weight excluding hydrogens is 533 g/mol. The number of ether oxygens (including phenoxy) is 2. The first kappa shape index (κ1) is 28.8. The van der Waals surface area contributed by atoms with Crippen LogP contribution in [-0.2, 0) is 27.3 Å². The van der Waals surface area contributed by atoms with Crippen molar-refractivity contribution in [2.45, 2.75) is 19.0 Å². The van der Waals surface area contributed by atoms with Gasteiger partial charge in [-0.05, 0) is 65.2 Å². The van der Waals surface area contributed by atoms with Crippen molar-refractivity contribution in [2.75, 3.05) is 43.6 Å². The van der Waals surface area contributed by atoms with Gasteiger partial charge in [-0.2, -0.15) is 0 Å². The van der Waals surface area contributed by atoms with Crippen LogP contribution in [0, 0.1) is 5.82 Å². The highest BCUT2D eigenvalue weighted by Crippen LogP contribution is 2.29. The third kappa shape index (κ3) is 7.33. The lowest BCUT2D eigenvalue weighted by Crippen LogP contribution is -2.41. The number of hydrogen-bond donors (Lipinski definition) is 1. The number of methoxy groups -OCH3 is 1. The minimum absolute atomic E-state index is 0.101. The van der Waals surface area contributed by atoms with Gasteiger partial charge in [-0.1, -0.05) is 54.6 Å². The van der Waals surface area contributed by atoms with Gasteiger partial charge < -0.3 is 24.6 Å². The first-order valence-corrected chi connectivity index (χ1v) is 14.0. The second-order valence-electron chi connectivity index (χ2n) is 10.1. The first-order chi connectivity index (χ1) is 20.5. The predicted molar refractivity (Wildman–Crippen MR) is 161 cm³/mol. The summed E-state index contributed by atoms with van der Waals surface area (Å²) < 4.78 is 24.6. The highest BCUT2D eigenvalue weighted by atomic mass is 19.1. The lowest BCUT2D eigenvalue weighted by atomic mass is 10.0. The Balaban J connectivity index is 1.48. The molecule has 1 fully saturated rings. The van der Waals surface area contributed by atoms with Gasteiger partial charge in [-0.25, -0.2) is 4.39 Å². The van der Waals surface area contributed by atoms with Crippen LogP contribution < -0.4 is 15.0 Å². The fourth-order valence-corrected chi connectivity index (χ4v) is 5.05. The van der Waals surface area contributed by atoms with E-state index >= 15 is 0 Å². The van der Waals surface area contributed by atoms with Crippen molar-refractivity contribution in [1.29, 1.82) is 0 Å². The zero-order valence-corrected chi connectivity index (χ0v) is 23.5. The average molecular weight is 568 g/mol. The van der Waals surface area contributed by atoms with Crippen LogP contribution in [0.25, 0.3) is 0 Å². The predicted octanol–water partition coefficient (Wildman–Crippen LogP) is 5.62. The molecule has 216 valence electrons. The van der Waals surface area contributed by atoms with Crippen molar-refractivity contribution in [3.63, 3.8) is 0 Å². The van der Waals surface area contributed by atoms with Crippen LogP contribution in [0.1, 0.15) is 22.7 Å². The molecule has 1 unspecified atom stereocenters.